The van der Waals surface area contributed by atoms with Crippen molar-refractivity contribution < 1.29 is 9.15 Å². The van der Waals surface area contributed by atoms with E-state index in [1.165, 1.54) is 0 Å². The third-order valence-electron chi connectivity index (χ3n) is 3.46. The summed E-state index contributed by atoms with van der Waals surface area (Å²) in [6.07, 6.45) is 5.59. The van der Waals surface area contributed by atoms with E-state index in [4.69, 9.17) is 9.15 Å². The molecular weight excluding hydrogens is 256 g/mol. The lowest BCUT2D eigenvalue weighted by atomic mass is 10.0. The lowest BCUT2D eigenvalue weighted by molar-refractivity contribution is 0.0727. The second-order valence-corrected chi connectivity index (χ2v) is 5.15. The first-order valence-corrected chi connectivity index (χ1v) is 6.78. The molecule has 1 aliphatic heterocycles. The summed E-state index contributed by atoms with van der Waals surface area (Å²) >= 11 is 0. The lowest BCUT2D eigenvalue weighted by Gasteiger charge is -2.18. The molecule has 106 valence electrons. The Morgan fingerprint density at radius 3 is 2.95 bits per heavy atom. The Bertz CT molecular complexity index is 576. The summed E-state index contributed by atoms with van der Waals surface area (Å²) in [5.41, 5.74) is 1.86. The van der Waals surface area contributed by atoms with Gasteiger partial charge < -0.3 is 14.1 Å². The van der Waals surface area contributed by atoms with Crippen LogP contribution in [-0.2, 0) is 4.74 Å². The van der Waals surface area contributed by atoms with Gasteiger partial charge in [-0.15, -0.1) is 10.2 Å². The number of hydrogen-bond donors (Lipinski definition) is 0. The first-order valence-electron chi connectivity index (χ1n) is 6.78. The van der Waals surface area contributed by atoms with Crippen LogP contribution in [0.4, 0.5) is 5.69 Å². The van der Waals surface area contributed by atoms with Gasteiger partial charge in [0.2, 0.25) is 5.89 Å². The van der Waals surface area contributed by atoms with Crippen molar-refractivity contribution >= 4 is 5.69 Å². The van der Waals surface area contributed by atoms with Gasteiger partial charge in [0.05, 0.1) is 23.8 Å². The Kier molecular flexibility index (Phi) is 3.64. The maximum absolute atomic E-state index is 5.83. The second kappa shape index (κ2) is 5.58. The van der Waals surface area contributed by atoms with E-state index in [0.717, 1.165) is 30.7 Å². The molecule has 3 rings (SSSR count). The Hall–Kier alpha value is -1.95. The van der Waals surface area contributed by atoms with Crippen molar-refractivity contribution in [1.29, 1.82) is 0 Å². The summed E-state index contributed by atoms with van der Waals surface area (Å²) in [4.78, 5) is 6.15. The number of anilines is 1. The summed E-state index contributed by atoms with van der Waals surface area (Å²) in [5, 5.41) is 8.34. The molecule has 20 heavy (non-hydrogen) atoms. The smallest absolute Gasteiger partial charge is 0.251 e. The Labute approximate surface area is 117 Å². The molecule has 0 aliphatic carbocycles. The Balaban J connectivity index is 1.90. The van der Waals surface area contributed by atoms with Crippen LogP contribution in [-0.4, -0.2) is 42.5 Å². The van der Waals surface area contributed by atoms with Gasteiger partial charge in [-0.1, -0.05) is 0 Å². The normalized spacial score (nSPS) is 19.0. The Morgan fingerprint density at radius 2 is 2.20 bits per heavy atom. The fraction of sp³-hybridized carbons (Fsp3) is 0.500. The SMILES string of the molecule is CN(C)c1ccncc1-c1nnc(C2CCCOC2)o1. The zero-order valence-electron chi connectivity index (χ0n) is 11.7. The fourth-order valence-electron chi connectivity index (χ4n) is 2.39. The lowest BCUT2D eigenvalue weighted by Crippen LogP contribution is -2.15. The monoisotopic (exact) mass is 274 g/mol. The maximum Gasteiger partial charge on any atom is 0.251 e. The predicted octanol–water partition coefficient (Wildman–Crippen LogP) is 2.09. The van der Waals surface area contributed by atoms with Crippen molar-refractivity contribution in [3.63, 3.8) is 0 Å². The molecule has 0 bridgehead atoms. The minimum atomic E-state index is 0.212. The zero-order valence-corrected chi connectivity index (χ0v) is 11.7. The molecule has 1 unspecified atom stereocenters. The van der Waals surface area contributed by atoms with Gasteiger partial charge in [-0.3, -0.25) is 4.98 Å². The van der Waals surface area contributed by atoms with E-state index >= 15 is 0 Å². The Morgan fingerprint density at radius 1 is 1.30 bits per heavy atom. The first-order chi connectivity index (χ1) is 9.75. The van der Waals surface area contributed by atoms with E-state index in [1.807, 2.05) is 25.1 Å². The zero-order chi connectivity index (χ0) is 13.9. The summed E-state index contributed by atoms with van der Waals surface area (Å²) in [5.74, 6) is 1.39. The molecule has 3 heterocycles. The number of hydrogen-bond acceptors (Lipinski definition) is 6. The van der Waals surface area contributed by atoms with Crippen LogP contribution < -0.4 is 4.90 Å². The molecule has 0 amide bonds. The van der Waals surface area contributed by atoms with Gasteiger partial charge in [0.25, 0.3) is 5.89 Å². The van der Waals surface area contributed by atoms with E-state index in [1.54, 1.807) is 12.4 Å². The number of rotatable bonds is 3. The highest BCUT2D eigenvalue weighted by atomic mass is 16.5. The van der Waals surface area contributed by atoms with Crippen LogP contribution in [0.3, 0.4) is 0 Å². The average Bonchev–Trinajstić information content (AvgIpc) is 2.98. The molecule has 0 N–H and O–H groups in total. The van der Waals surface area contributed by atoms with Gasteiger partial charge in [-0.25, -0.2) is 0 Å². The average molecular weight is 274 g/mol. The maximum atomic E-state index is 5.83. The van der Waals surface area contributed by atoms with Crippen LogP contribution in [0.2, 0.25) is 0 Å². The van der Waals surface area contributed by atoms with Crippen LogP contribution in [0.5, 0.6) is 0 Å². The molecule has 0 aromatic carbocycles. The summed E-state index contributed by atoms with van der Waals surface area (Å²) < 4.78 is 11.3. The quantitative estimate of drug-likeness (QED) is 0.854. The highest BCUT2D eigenvalue weighted by Gasteiger charge is 2.23. The van der Waals surface area contributed by atoms with Crippen molar-refractivity contribution in [3.05, 3.63) is 24.4 Å². The van der Waals surface area contributed by atoms with E-state index in [2.05, 4.69) is 15.2 Å². The molecule has 0 spiro atoms. The third-order valence-corrected chi connectivity index (χ3v) is 3.46. The molecule has 1 saturated heterocycles. The summed E-state index contributed by atoms with van der Waals surface area (Å²) in [6, 6.07) is 1.93. The second-order valence-electron chi connectivity index (χ2n) is 5.15. The van der Waals surface area contributed by atoms with Crippen molar-refractivity contribution in [1.82, 2.24) is 15.2 Å². The van der Waals surface area contributed by atoms with Crippen molar-refractivity contribution in [2.75, 3.05) is 32.2 Å². The van der Waals surface area contributed by atoms with Crippen LogP contribution in [0.25, 0.3) is 11.5 Å². The van der Waals surface area contributed by atoms with Crippen LogP contribution in [0.15, 0.2) is 22.9 Å². The van der Waals surface area contributed by atoms with E-state index in [-0.39, 0.29) is 5.92 Å². The van der Waals surface area contributed by atoms with Gasteiger partial charge in [0.1, 0.15) is 0 Å². The van der Waals surface area contributed by atoms with Crippen LogP contribution in [0, 0.1) is 0 Å². The van der Waals surface area contributed by atoms with Crippen LogP contribution >= 0.6 is 0 Å². The molecular formula is C14H18N4O2. The predicted molar refractivity (Wildman–Crippen MR) is 74.7 cm³/mol. The van der Waals surface area contributed by atoms with E-state index in [9.17, 15) is 0 Å². The summed E-state index contributed by atoms with van der Waals surface area (Å²) in [7, 11) is 3.95. The van der Waals surface area contributed by atoms with Crippen molar-refractivity contribution in [3.8, 4) is 11.5 Å². The molecule has 6 heteroatoms. The molecule has 1 atom stereocenters. The van der Waals surface area contributed by atoms with Gasteiger partial charge in [-0.2, -0.15) is 0 Å². The third kappa shape index (κ3) is 2.51. The van der Waals surface area contributed by atoms with E-state index in [0.29, 0.717) is 18.4 Å². The van der Waals surface area contributed by atoms with Crippen LogP contribution in [0.1, 0.15) is 24.7 Å². The number of aromatic nitrogens is 3. The topological polar surface area (TPSA) is 64.3 Å². The van der Waals surface area contributed by atoms with Gasteiger partial charge >= 0.3 is 0 Å². The molecule has 2 aromatic heterocycles. The molecule has 2 aromatic rings. The van der Waals surface area contributed by atoms with Gasteiger partial charge in [-0.05, 0) is 18.9 Å². The largest absolute Gasteiger partial charge is 0.420 e. The van der Waals surface area contributed by atoms with Crippen molar-refractivity contribution in [2.24, 2.45) is 0 Å². The highest BCUT2D eigenvalue weighted by Crippen LogP contribution is 2.31. The minimum absolute atomic E-state index is 0.212. The summed E-state index contributed by atoms with van der Waals surface area (Å²) in [6.45, 7) is 1.49. The minimum Gasteiger partial charge on any atom is -0.420 e. The molecule has 6 nitrogen and oxygen atoms in total. The number of nitrogens with zero attached hydrogens (tertiary/aromatic N) is 4. The molecule has 0 radical (unpaired) electrons. The molecule has 1 aliphatic rings. The molecule has 1 fully saturated rings. The van der Waals surface area contributed by atoms with Crippen molar-refractivity contribution in [2.45, 2.75) is 18.8 Å². The number of ether oxygens (including phenoxy) is 1. The van der Waals surface area contributed by atoms with Gasteiger partial charge in [0, 0.05) is 33.1 Å². The van der Waals surface area contributed by atoms with E-state index < -0.39 is 0 Å². The number of pyridine rings is 1. The molecule has 0 saturated carbocycles. The standard InChI is InChI=1S/C14H18N4O2/c1-18(2)12-5-6-15-8-11(12)14-17-16-13(20-14)10-4-3-7-19-9-10/h5-6,8,10H,3-4,7,9H2,1-2H3. The first kappa shape index (κ1) is 13.1. The fourth-order valence-corrected chi connectivity index (χ4v) is 2.39. The van der Waals surface area contributed by atoms with Gasteiger partial charge in [0.15, 0.2) is 0 Å². The highest BCUT2D eigenvalue weighted by molar-refractivity contribution is 5.71.